The van der Waals surface area contributed by atoms with Crippen molar-refractivity contribution >= 4 is 16.9 Å². The summed E-state index contributed by atoms with van der Waals surface area (Å²) in [5.74, 6) is 1.46. The quantitative estimate of drug-likeness (QED) is 0.481. The summed E-state index contributed by atoms with van der Waals surface area (Å²) in [5.41, 5.74) is 2.73. The van der Waals surface area contributed by atoms with Crippen LogP contribution in [0.15, 0.2) is 36.4 Å². The van der Waals surface area contributed by atoms with Crippen LogP contribution >= 0.6 is 0 Å². The van der Waals surface area contributed by atoms with E-state index < -0.39 is 0 Å². The van der Waals surface area contributed by atoms with Crippen molar-refractivity contribution < 1.29 is 9.53 Å². The first-order valence-corrected chi connectivity index (χ1v) is 10.4. The van der Waals surface area contributed by atoms with Gasteiger partial charge in [0.05, 0.1) is 5.56 Å². The molecule has 1 aromatic carbocycles. The van der Waals surface area contributed by atoms with Gasteiger partial charge in [0, 0.05) is 16.6 Å². The number of ether oxygens (including phenoxy) is 1. The van der Waals surface area contributed by atoms with Gasteiger partial charge in [-0.3, -0.25) is 0 Å². The van der Waals surface area contributed by atoms with E-state index in [2.05, 4.69) is 37.9 Å². The molecule has 1 saturated carbocycles. The van der Waals surface area contributed by atoms with E-state index in [0.717, 1.165) is 47.8 Å². The fraction of sp³-hybridized carbons (Fsp3) is 0.542. The van der Waals surface area contributed by atoms with Crippen LogP contribution in [-0.4, -0.2) is 17.1 Å². The molecular formula is C24H33NO2. The number of hydrogen-bond acceptors (Lipinski definition) is 2. The molecule has 0 aliphatic heterocycles. The van der Waals surface area contributed by atoms with Crippen molar-refractivity contribution in [2.24, 2.45) is 17.8 Å². The van der Waals surface area contributed by atoms with Gasteiger partial charge >= 0.3 is 5.97 Å². The van der Waals surface area contributed by atoms with Crippen LogP contribution in [0.1, 0.15) is 69.4 Å². The Labute approximate surface area is 163 Å². The molecule has 2 aromatic rings. The monoisotopic (exact) mass is 367 g/mol. The molecule has 146 valence electrons. The maximum atomic E-state index is 13.3. The number of esters is 1. The summed E-state index contributed by atoms with van der Waals surface area (Å²) in [5, 5.41) is 0.975. The molecule has 1 N–H and O–H groups in total. The van der Waals surface area contributed by atoms with Gasteiger partial charge in [0.2, 0.25) is 0 Å². The third-order valence-electron chi connectivity index (χ3n) is 6.00. The summed E-state index contributed by atoms with van der Waals surface area (Å²) in [6, 6.07) is 8.04. The first kappa shape index (κ1) is 19.7. The number of fused-ring (bicyclic) bond motifs is 1. The van der Waals surface area contributed by atoms with E-state index in [0.29, 0.717) is 17.8 Å². The van der Waals surface area contributed by atoms with Crippen LogP contribution in [0.2, 0.25) is 0 Å². The third kappa shape index (κ3) is 4.45. The highest BCUT2D eigenvalue weighted by molar-refractivity contribution is 6.05. The molecule has 3 heteroatoms. The first-order valence-electron chi connectivity index (χ1n) is 10.4. The standard InChI is InChI=1S/C24H33NO2/c1-5-6-7-12-21-23(19-10-8-9-11-20(19)25-21)24(26)27-22-15-17(4)13-14-18(22)16(2)3/h5-6,8-11,16-18,22,25H,7,12-15H2,1-4H3. The number of H-pyrrole nitrogens is 1. The van der Waals surface area contributed by atoms with Crippen LogP contribution in [0.25, 0.3) is 10.9 Å². The molecule has 1 fully saturated rings. The van der Waals surface area contributed by atoms with Gasteiger partial charge in [-0.25, -0.2) is 4.79 Å². The molecule has 0 amide bonds. The Balaban J connectivity index is 1.88. The first-order chi connectivity index (χ1) is 13.0. The zero-order valence-electron chi connectivity index (χ0n) is 17.1. The van der Waals surface area contributed by atoms with Gasteiger partial charge in [0.25, 0.3) is 0 Å². The Morgan fingerprint density at radius 2 is 2.07 bits per heavy atom. The Kier molecular flexibility index (Phi) is 6.41. The molecular weight excluding hydrogens is 334 g/mol. The maximum absolute atomic E-state index is 13.3. The van der Waals surface area contributed by atoms with E-state index in [1.54, 1.807) is 0 Å². The summed E-state index contributed by atoms with van der Waals surface area (Å²) in [6.07, 6.45) is 9.31. The van der Waals surface area contributed by atoms with Gasteiger partial charge in [0.15, 0.2) is 0 Å². The Hall–Kier alpha value is -2.03. The van der Waals surface area contributed by atoms with E-state index in [1.165, 1.54) is 6.42 Å². The molecule has 1 aliphatic carbocycles. The van der Waals surface area contributed by atoms with E-state index in [-0.39, 0.29) is 12.1 Å². The second kappa shape index (κ2) is 8.77. The number of hydrogen-bond donors (Lipinski definition) is 1. The SMILES string of the molecule is CC=CCCc1[nH]c2ccccc2c1C(=O)OC1CC(C)CCC1C(C)C. The van der Waals surface area contributed by atoms with Crippen LogP contribution in [0.3, 0.4) is 0 Å². The van der Waals surface area contributed by atoms with Crippen LogP contribution < -0.4 is 0 Å². The second-order valence-corrected chi connectivity index (χ2v) is 8.40. The van der Waals surface area contributed by atoms with Crippen molar-refractivity contribution in [3.8, 4) is 0 Å². The highest BCUT2D eigenvalue weighted by Gasteiger charge is 2.34. The van der Waals surface area contributed by atoms with Crippen molar-refractivity contribution in [1.29, 1.82) is 0 Å². The van der Waals surface area contributed by atoms with Gasteiger partial charge in [-0.05, 0) is 56.4 Å². The summed E-state index contributed by atoms with van der Waals surface area (Å²) in [4.78, 5) is 16.7. The third-order valence-corrected chi connectivity index (χ3v) is 6.00. The number of carbonyl (C=O) groups excluding carboxylic acids is 1. The molecule has 0 spiro atoms. The van der Waals surface area contributed by atoms with Crippen LogP contribution in [0.4, 0.5) is 0 Å². The zero-order valence-corrected chi connectivity index (χ0v) is 17.1. The molecule has 1 aliphatic rings. The van der Waals surface area contributed by atoms with Crippen molar-refractivity contribution in [2.75, 3.05) is 0 Å². The summed E-state index contributed by atoms with van der Waals surface area (Å²) < 4.78 is 6.16. The molecule has 0 saturated heterocycles. The second-order valence-electron chi connectivity index (χ2n) is 8.40. The molecule has 0 radical (unpaired) electrons. The van der Waals surface area contributed by atoms with Crippen molar-refractivity contribution in [3.63, 3.8) is 0 Å². The average molecular weight is 368 g/mol. The minimum Gasteiger partial charge on any atom is -0.458 e. The Morgan fingerprint density at radius 3 is 2.81 bits per heavy atom. The van der Waals surface area contributed by atoms with Gasteiger partial charge in [0.1, 0.15) is 6.10 Å². The smallest absolute Gasteiger partial charge is 0.340 e. The average Bonchev–Trinajstić information content (AvgIpc) is 3.00. The summed E-state index contributed by atoms with van der Waals surface area (Å²) >= 11 is 0. The number of aryl methyl sites for hydroxylation is 1. The number of para-hydroxylation sites is 1. The molecule has 0 bridgehead atoms. The van der Waals surface area contributed by atoms with Crippen molar-refractivity contribution in [2.45, 2.75) is 65.9 Å². The molecule has 3 rings (SSSR count). The fourth-order valence-electron chi connectivity index (χ4n) is 4.46. The number of benzene rings is 1. The van der Waals surface area contributed by atoms with Gasteiger partial charge in [-0.15, -0.1) is 0 Å². The highest BCUT2D eigenvalue weighted by atomic mass is 16.5. The van der Waals surface area contributed by atoms with Crippen molar-refractivity contribution in [1.82, 2.24) is 4.98 Å². The molecule has 1 aromatic heterocycles. The Morgan fingerprint density at radius 1 is 1.30 bits per heavy atom. The minimum absolute atomic E-state index is 0.0262. The van der Waals surface area contributed by atoms with Crippen molar-refractivity contribution in [3.05, 3.63) is 47.7 Å². The Bertz CT molecular complexity index is 802. The van der Waals surface area contributed by atoms with E-state index in [4.69, 9.17) is 4.74 Å². The number of nitrogens with one attached hydrogen (secondary N) is 1. The van der Waals surface area contributed by atoms with Gasteiger partial charge in [-0.2, -0.15) is 0 Å². The lowest BCUT2D eigenvalue weighted by Gasteiger charge is -2.36. The van der Waals surface area contributed by atoms with Gasteiger partial charge in [-0.1, -0.05) is 57.5 Å². The summed E-state index contributed by atoms with van der Waals surface area (Å²) in [7, 11) is 0. The molecule has 3 atom stereocenters. The maximum Gasteiger partial charge on any atom is 0.340 e. The van der Waals surface area contributed by atoms with E-state index >= 15 is 0 Å². The molecule has 27 heavy (non-hydrogen) atoms. The summed E-state index contributed by atoms with van der Waals surface area (Å²) in [6.45, 7) is 8.79. The van der Waals surface area contributed by atoms with Crippen LogP contribution in [0, 0.1) is 17.8 Å². The van der Waals surface area contributed by atoms with Gasteiger partial charge < -0.3 is 9.72 Å². The predicted molar refractivity (Wildman–Crippen MR) is 112 cm³/mol. The fourth-order valence-corrected chi connectivity index (χ4v) is 4.46. The topological polar surface area (TPSA) is 42.1 Å². The van der Waals surface area contributed by atoms with E-state index in [1.807, 2.05) is 31.2 Å². The van der Waals surface area contributed by atoms with Crippen LogP contribution in [0.5, 0.6) is 0 Å². The number of aromatic amines is 1. The zero-order chi connectivity index (χ0) is 19.4. The predicted octanol–water partition coefficient (Wildman–Crippen LogP) is 6.29. The normalized spacial score (nSPS) is 23.4. The lowest BCUT2D eigenvalue weighted by atomic mass is 9.75. The lowest BCUT2D eigenvalue weighted by molar-refractivity contribution is -0.0173. The number of rotatable bonds is 6. The number of aromatic nitrogens is 1. The minimum atomic E-state index is -0.160. The number of allylic oxidation sites excluding steroid dienone is 2. The van der Waals surface area contributed by atoms with E-state index in [9.17, 15) is 4.79 Å². The van der Waals surface area contributed by atoms with Crippen LogP contribution in [-0.2, 0) is 11.2 Å². The lowest BCUT2D eigenvalue weighted by Crippen LogP contribution is -2.36. The molecule has 3 unspecified atom stereocenters. The highest BCUT2D eigenvalue weighted by Crippen LogP contribution is 2.36. The molecule has 3 nitrogen and oxygen atoms in total. The molecule has 1 heterocycles. The number of carbonyl (C=O) groups is 1. The largest absolute Gasteiger partial charge is 0.458 e.